The molecule has 0 saturated heterocycles. The third-order valence-electron chi connectivity index (χ3n) is 3.45. The van der Waals surface area contributed by atoms with Gasteiger partial charge >= 0.3 is 0 Å². The summed E-state index contributed by atoms with van der Waals surface area (Å²) in [6.45, 7) is 2.59. The van der Waals surface area contributed by atoms with Gasteiger partial charge in [0.15, 0.2) is 0 Å². The third kappa shape index (κ3) is 4.37. The molecule has 0 heterocycles. The molecule has 2 aromatic carbocycles. The summed E-state index contributed by atoms with van der Waals surface area (Å²) in [5.74, 6) is 0.829. The molecule has 0 aromatic heterocycles. The van der Waals surface area contributed by atoms with Crippen LogP contribution in [-0.2, 0) is 6.61 Å². The van der Waals surface area contributed by atoms with Crippen molar-refractivity contribution in [3.63, 3.8) is 0 Å². The van der Waals surface area contributed by atoms with Crippen molar-refractivity contribution in [3.05, 3.63) is 63.6 Å². The van der Waals surface area contributed by atoms with Gasteiger partial charge in [-0.15, -0.1) is 0 Å². The standard InChI is InChI=1S/C17H19Cl2NO/c1-3-17(20-2)12-5-8-15(9-6-12)21-11-13-4-7-14(18)10-16(13)19/h4-10,17,20H,3,11H2,1-2H3. The maximum absolute atomic E-state index is 6.13. The Bertz CT molecular complexity index is 580. The maximum Gasteiger partial charge on any atom is 0.119 e. The minimum atomic E-state index is 0.379. The van der Waals surface area contributed by atoms with Crippen LogP contribution >= 0.6 is 23.2 Å². The minimum absolute atomic E-state index is 0.379. The summed E-state index contributed by atoms with van der Waals surface area (Å²) < 4.78 is 5.77. The molecule has 0 aliphatic carbocycles. The number of rotatable bonds is 6. The highest BCUT2D eigenvalue weighted by molar-refractivity contribution is 6.35. The van der Waals surface area contributed by atoms with E-state index in [1.807, 2.05) is 31.3 Å². The van der Waals surface area contributed by atoms with Gasteiger partial charge < -0.3 is 10.1 Å². The van der Waals surface area contributed by atoms with Crippen molar-refractivity contribution in [3.8, 4) is 5.75 Å². The lowest BCUT2D eigenvalue weighted by atomic mass is 10.0. The van der Waals surface area contributed by atoms with Gasteiger partial charge in [0, 0.05) is 21.7 Å². The van der Waals surface area contributed by atoms with E-state index in [1.54, 1.807) is 6.07 Å². The summed E-state index contributed by atoms with van der Waals surface area (Å²) in [6, 6.07) is 13.9. The van der Waals surface area contributed by atoms with E-state index in [1.165, 1.54) is 5.56 Å². The van der Waals surface area contributed by atoms with E-state index in [2.05, 4.69) is 24.4 Å². The van der Waals surface area contributed by atoms with Gasteiger partial charge in [-0.2, -0.15) is 0 Å². The molecular weight excluding hydrogens is 305 g/mol. The van der Waals surface area contributed by atoms with Gasteiger partial charge in [-0.1, -0.05) is 48.3 Å². The van der Waals surface area contributed by atoms with Crippen LogP contribution in [0.2, 0.25) is 10.0 Å². The van der Waals surface area contributed by atoms with Crippen molar-refractivity contribution >= 4 is 23.2 Å². The van der Waals surface area contributed by atoms with Crippen LogP contribution in [-0.4, -0.2) is 7.05 Å². The average Bonchev–Trinajstić information content (AvgIpc) is 2.49. The van der Waals surface area contributed by atoms with Crippen LogP contribution in [0.4, 0.5) is 0 Å². The fourth-order valence-electron chi connectivity index (χ4n) is 2.20. The summed E-state index contributed by atoms with van der Waals surface area (Å²) in [4.78, 5) is 0. The lowest BCUT2D eigenvalue weighted by Gasteiger charge is -2.15. The highest BCUT2D eigenvalue weighted by Gasteiger charge is 2.07. The van der Waals surface area contributed by atoms with Crippen LogP contribution < -0.4 is 10.1 Å². The summed E-state index contributed by atoms with van der Waals surface area (Å²) in [7, 11) is 1.97. The van der Waals surface area contributed by atoms with Gasteiger partial charge in [0.25, 0.3) is 0 Å². The molecule has 1 N–H and O–H groups in total. The molecule has 1 unspecified atom stereocenters. The fraction of sp³-hybridized carbons (Fsp3) is 0.294. The Morgan fingerprint density at radius 1 is 1.10 bits per heavy atom. The van der Waals surface area contributed by atoms with Crippen molar-refractivity contribution in [2.24, 2.45) is 0 Å². The summed E-state index contributed by atoms with van der Waals surface area (Å²) >= 11 is 12.0. The highest BCUT2D eigenvalue weighted by atomic mass is 35.5. The van der Waals surface area contributed by atoms with Crippen molar-refractivity contribution in [1.82, 2.24) is 5.32 Å². The van der Waals surface area contributed by atoms with E-state index in [0.717, 1.165) is 17.7 Å². The zero-order valence-corrected chi connectivity index (χ0v) is 13.7. The molecule has 0 aliphatic rings. The molecule has 2 rings (SSSR count). The van der Waals surface area contributed by atoms with E-state index >= 15 is 0 Å². The Kier molecular flexibility index (Phi) is 5.92. The van der Waals surface area contributed by atoms with Crippen molar-refractivity contribution in [2.45, 2.75) is 26.0 Å². The Labute approximate surface area is 136 Å². The molecule has 0 bridgehead atoms. The van der Waals surface area contributed by atoms with Gasteiger partial charge in [0.05, 0.1) is 0 Å². The van der Waals surface area contributed by atoms with Gasteiger partial charge in [-0.3, -0.25) is 0 Å². The monoisotopic (exact) mass is 323 g/mol. The van der Waals surface area contributed by atoms with Crippen molar-refractivity contribution in [1.29, 1.82) is 0 Å². The third-order valence-corrected chi connectivity index (χ3v) is 4.04. The van der Waals surface area contributed by atoms with Crippen LogP contribution in [0, 0.1) is 0 Å². The largest absolute Gasteiger partial charge is 0.489 e. The molecular formula is C17H19Cl2NO. The van der Waals surface area contributed by atoms with Crippen LogP contribution in [0.25, 0.3) is 0 Å². The number of halogens is 2. The van der Waals surface area contributed by atoms with Gasteiger partial charge in [0.1, 0.15) is 12.4 Å². The fourth-order valence-corrected chi connectivity index (χ4v) is 2.67. The molecule has 2 aromatic rings. The number of nitrogens with one attached hydrogen (secondary N) is 1. The zero-order chi connectivity index (χ0) is 15.2. The first-order valence-electron chi connectivity index (χ1n) is 6.98. The molecule has 0 spiro atoms. The van der Waals surface area contributed by atoms with Crippen molar-refractivity contribution in [2.75, 3.05) is 7.05 Å². The molecule has 0 radical (unpaired) electrons. The summed E-state index contributed by atoms with van der Waals surface area (Å²) in [5, 5.41) is 4.54. The lowest BCUT2D eigenvalue weighted by Crippen LogP contribution is -2.14. The second kappa shape index (κ2) is 7.69. The Morgan fingerprint density at radius 3 is 2.38 bits per heavy atom. The summed E-state index contributed by atoms with van der Waals surface area (Å²) in [6.07, 6.45) is 1.05. The molecule has 4 heteroatoms. The summed E-state index contributed by atoms with van der Waals surface area (Å²) in [5.41, 5.74) is 2.18. The quantitative estimate of drug-likeness (QED) is 0.784. The molecule has 0 aliphatic heterocycles. The van der Waals surface area contributed by atoms with E-state index in [4.69, 9.17) is 27.9 Å². The van der Waals surface area contributed by atoms with Crippen LogP contribution in [0.5, 0.6) is 5.75 Å². The van der Waals surface area contributed by atoms with E-state index in [-0.39, 0.29) is 0 Å². The number of hydrogen-bond acceptors (Lipinski definition) is 2. The molecule has 1 atom stereocenters. The lowest BCUT2D eigenvalue weighted by molar-refractivity contribution is 0.306. The van der Waals surface area contributed by atoms with Gasteiger partial charge in [-0.25, -0.2) is 0 Å². The first kappa shape index (κ1) is 16.2. The SMILES string of the molecule is CCC(NC)c1ccc(OCc2ccc(Cl)cc2Cl)cc1. The van der Waals surface area contributed by atoms with E-state index < -0.39 is 0 Å². The average molecular weight is 324 g/mol. The normalized spacial score (nSPS) is 12.2. The van der Waals surface area contributed by atoms with E-state index in [0.29, 0.717) is 22.7 Å². The van der Waals surface area contributed by atoms with Crippen molar-refractivity contribution < 1.29 is 4.74 Å². The number of hydrogen-bond donors (Lipinski definition) is 1. The molecule has 112 valence electrons. The van der Waals surface area contributed by atoms with E-state index in [9.17, 15) is 0 Å². The first-order chi connectivity index (χ1) is 10.1. The first-order valence-corrected chi connectivity index (χ1v) is 7.73. The Morgan fingerprint density at radius 2 is 1.81 bits per heavy atom. The van der Waals surface area contributed by atoms with Gasteiger partial charge in [0.2, 0.25) is 0 Å². The second-order valence-corrected chi connectivity index (χ2v) is 5.69. The van der Waals surface area contributed by atoms with Gasteiger partial charge in [-0.05, 0) is 43.3 Å². The minimum Gasteiger partial charge on any atom is -0.489 e. The molecule has 2 nitrogen and oxygen atoms in total. The zero-order valence-electron chi connectivity index (χ0n) is 12.2. The maximum atomic E-state index is 6.13. The smallest absolute Gasteiger partial charge is 0.119 e. The molecule has 21 heavy (non-hydrogen) atoms. The number of benzene rings is 2. The molecule has 0 fully saturated rings. The topological polar surface area (TPSA) is 21.3 Å². The Balaban J connectivity index is 2.00. The van der Waals surface area contributed by atoms with Crippen LogP contribution in [0.3, 0.4) is 0 Å². The molecule has 0 amide bonds. The highest BCUT2D eigenvalue weighted by Crippen LogP contribution is 2.24. The number of ether oxygens (including phenoxy) is 1. The predicted molar refractivity (Wildman–Crippen MR) is 89.3 cm³/mol. The predicted octanol–water partition coefficient (Wildman–Crippen LogP) is 5.24. The Hall–Kier alpha value is -1.22. The van der Waals surface area contributed by atoms with Crippen LogP contribution in [0.1, 0.15) is 30.5 Å². The second-order valence-electron chi connectivity index (χ2n) is 4.84. The molecule has 0 saturated carbocycles. The van der Waals surface area contributed by atoms with Crippen LogP contribution in [0.15, 0.2) is 42.5 Å².